The molecule has 114 valence electrons. The van der Waals surface area contributed by atoms with Crippen molar-refractivity contribution in [2.75, 3.05) is 19.8 Å². The van der Waals surface area contributed by atoms with Crippen LogP contribution in [0.1, 0.15) is 39.5 Å². The lowest BCUT2D eigenvalue weighted by atomic mass is 9.75. The first-order chi connectivity index (χ1) is 9.39. The topological polar surface area (TPSA) is 78.9 Å². The molecule has 1 saturated heterocycles. The zero-order valence-electron chi connectivity index (χ0n) is 12.2. The number of hydrogen-bond donors (Lipinski definition) is 2. The molecule has 6 nitrogen and oxygen atoms in total. The van der Waals surface area contributed by atoms with E-state index in [1.54, 1.807) is 0 Å². The first-order valence-corrected chi connectivity index (χ1v) is 7.27. The van der Waals surface area contributed by atoms with Crippen LogP contribution < -0.4 is 5.32 Å². The summed E-state index contributed by atoms with van der Waals surface area (Å²) >= 11 is 0. The molecule has 1 aliphatic heterocycles. The van der Waals surface area contributed by atoms with Crippen molar-refractivity contribution in [2.24, 2.45) is 5.41 Å². The molecule has 1 aliphatic carbocycles. The first-order valence-electron chi connectivity index (χ1n) is 7.27. The monoisotopic (exact) mass is 284 g/mol. The molecular weight excluding hydrogens is 260 g/mol. The van der Waals surface area contributed by atoms with Gasteiger partial charge in [0.1, 0.15) is 0 Å². The fourth-order valence-corrected chi connectivity index (χ4v) is 2.85. The summed E-state index contributed by atoms with van der Waals surface area (Å²) in [6.45, 7) is 5.29. The number of carboxylic acid groups (broad SMARTS) is 1. The third kappa shape index (κ3) is 3.62. The second kappa shape index (κ2) is 5.99. The van der Waals surface area contributed by atoms with Crippen molar-refractivity contribution >= 4 is 12.0 Å². The normalized spacial score (nSPS) is 27.1. The van der Waals surface area contributed by atoms with E-state index in [-0.39, 0.29) is 18.7 Å². The van der Waals surface area contributed by atoms with Crippen LogP contribution in [-0.2, 0) is 9.53 Å². The SMILES string of the molecule is CC1(C)CCC(NC(=O)N2CCOCC2C(=O)O)CC1. The average molecular weight is 284 g/mol. The lowest BCUT2D eigenvalue weighted by molar-refractivity contribution is -0.147. The number of aliphatic carboxylic acids is 1. The molecule has 1 saturated carbocycles. The highest BCUT2D eigenvalue weighted by Crippen LogP contribution is 2.35. The third-order valence-corrected chi connectivity index (χ3v) is 4.34. The Balaban J connectivity index is 1.89. The molecule has 2 rings (SSSR count). The van der Waals surface area contributed by atoms with Gasteiger partial charge in [0, 0.05) is 12.6 Å². The zero-order valence-corrected chi connectivity index (χ0v) is 12.2. The predicted molar refractivity (Wildman–Crippen MR) is 73.5 cm³/mol. The molecule has 0 aromatic heterocycles. The summed E-state index contributed by atoms with van der Waals surface area (Å²) in [5.41, 5.74) is 0.351. The number of carboxylic acids is 1. The Kier molecular flexibility index (Phi) is 4.52. The Morgan fingerprint density at radius 3 is 2.55 bits per heavy atom. The molecule has 1 heterocycles. The van der Waals surface area contributed by atoms with E-state index in [1.807, 2.05) is 0 Å². The van der Waals surface area contributed by atoms with E-state index in [4.69, 9.17) is 9.84 Å². The number of urea groups is 1. The van der Waals surface area contributed by atoms with E-state index in [0.29, 0.717) is 18.6 Å². The van der Waals surface area contributed by atoms with Crippen molar-refractivity contribution in [3.63, 3.8) is 0 Å². The fourth-order valence-electron chi connectivity index (χ4n) is 2.85. The second-order valence-corrected chi connectivity index (χ2v) is 6.51. The number of nitrogens with zero attached hydrogens (tertiary/aromatic N) is 1. The number of carbonyl (C=O) groups excluding carboxylic acids is 1. The van der Waals surface area contributed by atoms with E-state index < -0.39 is 12.0 Å². The summed E-state index contributed by atoms with van der Waals surface area (Å²) in [5.74, 6) is -1.01. The Bertz CT molecular complexity index is 373. The Morgan fingerprint density at radius 2 is 1.95 bits per heavy atom. The van der Waals surface area contributed by atoms with E-state index in [0.717, 1.165) is 25.7 Å². The maximum Gasteiger partial charge on any atom is 0.328 e. The highest BCUT2D eigenvalue weighted by molar-refractivity contribution is 5.83. The minimum Gasteiger partial charge on any atom is -0.480 e. The van der Waals surface area contributed by atoms with Crippen molar-refractivity contribution in [2.45, 2.75) is 51.6 Å². The van der Waals surface area contributed by atoms with E-state index in [2.05, 4.69) is 19.2 Å². The van der Waals surface area contributed by atoms with Gasteiger partial charge in [-0.1, -0.05) is 13.8 Å². The predicted octanol–water partition coefficient (Wildman–Crippen LogP) is 1.45. The van der Waals surface area contributed by atoms with Crippen LogP contribution in [0.25, 0.3) is 0 Å². The maximum absolute atomic E-state index is 12.2. The van der Waals surface area contributed by atoms with E-state index in [9.17, 15) is 9.59 Å². The molecule has 0 aromatic rings. The maximum atomic E-state index is 12.2. The molecule has 0 bridgehead atoms. The van der Waals surface area contributed by atoms with Gasteiger partial charge in [-0.2, -0.15) is 0 Å². The second-order valence-electron chi connectivity index (χ2n) is 6.51. The molecule has 2 aliphatic rings. The van der Waals surface area contributed by atoms with Crippen LogP contribution in [0, 0.1) is 5.41 Å². The summed E-state index contributed by atoms with van der Waals surface area (Å²) in [4.78, 5) is 24.8. The van der Waals surface area contributed by atoms with Crippen molar-refractivity contribution < 1.29 is 19.4 Å². The number of hydrogen-bond acceptors (Lipinski definition) is 3. The molecule has 2 N–H and O–H groups in total. The molecule has 20 heavy (non-hydrogen) atoms. The van der Waals surface area contributed by atoms with Crippen LogP contribution in [0.2, 0.25) is 0 Å². The minimum atomic E-state index is -1.01. The lowest BCUT2D eigenvalue weighted by Crippen LogP contribution is -2.57. The van der Waals surface area contributed by atoms with Gasteiger partial charge in [0.2, 0.25) is 0 Å². The van der Waals surface area contributed by atoms with Crippen LogP contribution >= 0.6 is 0 Å². The van der Waals surface area contributed by atoms with Gasteiger partial charge in [-0.15, -0.1) is 0 Å². The number of rotatable bonds is 2. The van der Waals surface area contributed by atoms with Crippen LogP contribution in [0.3, 0.4) is 0 Å². The van der Waals surface area contributed by atoms with E-state index >= 15 is 0 Å². The molecule has 0 radical (unpaired) electrons. The van der Waals surface area contributed by atoms with Crippen LogP contribution in [0.15, 0.2) is 0 Å². The quantitative estimate of drug-likeness (QED) is 0.804. The highest BCUT2D eigenvalue weighted by Gasteiger charge is 2.34. The van der Waals surface area contributed by atoms with Gasteiger partial charge in [0.25, 0.3) is 0 Å². The summed E-state index contributed by atoms with van der Waals surface area (Å²) in [5, 5.41) is 12.1. The van der Waals surface area contributed by atoms with Crippen molar-refractivity contribution in [1.82, 2.24) is 10.2 Å². The largest absolute Gasteiger partial charge is 0.480 e. The lowest BCUT2D eigenvalue weighted by Gasteiger charge is -2.37. The molecule has 6 heteroatoms. The fraction of sp³-hybridized carbons (Fsp3) is 0.857. The van der Waals surface area contributed by atoms with Gasteiger partial charge in [-0.25, -0.2) is 9.59 Å². The van der Waals surface area contributed by atoms with E-state index in [1.165, 1.54) is 4.90 Å². The Hall–Kier alpha value is -1.30. The molecular formula is C14H24N2O4. The van der Waals surface area contributed by atoms with Gasteiger partial charge >= 0.3 is 12.0 Å². The van der Waals surface area contributed by atoms with Crippen LogP contribution in [-0.4, -0.2) is 53.8 Å². The molecule has 0 spiro atoms. The van der Waals surface area contributed by atoms with Crippen molar-refractivity contribution in [3.05, 3.63) is 0 Å². The third-order valence-electron chi connectivity index (χ3n) is 4.34. The summed E-state index contributed by atoms with van der Waals surface area (Å²) in [6, 6.07) is -0.984. The van der Waals surface area contributed by atoms with Gasteiger partial charge in [-0.05, 0) is 31.1 Å². The van der Waals surface area contributed by atoms with Gasteiger partial charge in [0.15, 0.2) is 6.04 Å². The molecule has 1 atom stereocenters. The minimum absolute atomic E-state index is 0.0699. The summed E-state index contributed by atoms with van der Waals surface area (Å²) in [6.07, 6.45) is 4.09. The molecule has 0 aromatic carbocycles. The van der Waals surface area contributed by atoms with Gasteiger partial charge < -0.3 is 20.1 Å². The van der Waals surface area contributed by atoms with Crippen molar-refractivity contribution in [3.8, 4) is 0 Å². The van der Waals surface area contributed by atoms with Gasteiger partial charge in [0.05, 0.1) is 13.2 Å². The summed E-state index contributed by atoms with van der Waals surface area (Å²) in [7, 11) is 0. The number of morpholine rings is 1. The standard InChI is InChI=1S/C14H24N2O4/c1-14(2)5-3-10(4-6-14)15-13(19)16-7-8-20-9-11(16)12(17)18/h10-11H,3-9H2,1-2H3,(H,15,19)(H,17,18). The zero-order chi connectivity index (χ0) is 14.8. The number of carbonyl (C=O) groups is 2. The Labute approximate surface area is 119 Å². The number of nitrogens with one attached hydrogen (secondary N) is 1. The molecule has 1 unspecified atom stereocenters. The highest BCUT2D eigenvalue weighted by atomic mass is 16.5. The first kappa shape index (κ1) is 15.1. The molecule has 2 fully saturated rings. The van der Waals surface area contributed by atoms with Crippen molar-refractivity contribution in [1.29, 1.82) is 0 Å². The average Bonchev–Trinajstić information content (AvgIpc) is 2.41. The smallest absolute Gasteiger partial charge is 0.328 e. The Morgan fingerprint density at radius 1 is 1.30 bits per heavy atom. The number of ether oxygens (including phenoxy) is 1. The molecule has 2 amide bonds. The number of amides is 2. The van der Waals surface area contributed by atoms with Gasteiger partial charge in [-0.3, -0.25) is 0 Å². The van der Waals surface area contributed by atoms with Crippen LogP contribution in [0.4, 0.5) is 4.79 Å². The summed E-state index contributed by atoms with van der Waals surface area (Å²) < 4.78 is 5.14. The van der Waals surface area contributed by atoms with Crippen LogP contribution in [0.5, 0.6) is 0 Å².